The van der Waals surface area contributed by atoms with Gasteiger partial charge in [-0.05, 0) is 24.3 Å². The Labute approximate surface area is 124 Å². The summed E-state index contributed by atoms with van der Waals surface area (Å²) >= 11 is 0. The minimum absolute atomic E-state index is 0.134. The lowest BCUT2D eigenvalue weighted by Crippen LogP contribution is -2.31. The SMILES string of the molecule is CN1OC[C@@H](S(=O)(=O)c2ccccc2)[C@@H]1c1ccccn1. The van der Waals surface area contributed by atoms with Crippen molar-refractivity contribution in [2.24, 2.45) is 0 Å². The Morgan fingerprint density at radius 3 is 2.52 bits per heavy atom. The number of nitrogens with zero attached hydrogens (tertiary/aromatic N) is 2. The summed E-state index contributed by atoms with van der Waals surface area (Å²) < 4.78 is 25.7. The third-order valence-corrected chi connectivity index (χ3v) is 5.77. The first-order valence-electron chi connectivity index (χ1n) is 6.66. The van der Waals surface area contributed by atoms with Crippen LogP contribution in [-0.4, -0.2) is 37.4 Å². The van der Waals surface area contributed by atoms with Gasteiger partial charge < -0.3 is 0 Å². The van der Waals surface area contributed by atoms with Crippen LogP contribution < -0.4 is 0 Å². The number of hydroxylamine groups is 2. The first-order chi connectivity index (χ1) is 10.1. The summed E-state index contributed by atoms with van der Waals surface area (Å²) in [6, 6.07) is 13.5. The summed E-state index contributed by atoms with van der Waals surface area (Å²) in [5, 5.41) is 0.910. The Morgan fingerprint density at radius 2 is 1.86 bits per heavy atom. The molecule has 0 radical (unpaired) electrons. The van der Waals surface area contributed by atoms with Crippen molar-refractivity contribution in [3.63, 3.8) is 0 Å². The van der Waals surface area contributed by atoms with Crippen LogP contribution in [0.25, 0.3) is 0 Å². The second-order valence-corrected chi connectivity index (χ2v) is 7.10. The van der Waals surface area contributed by atoms with E-state index in [4.69, 9.17) is 4.84 Å². The number of hydrogen-bond donors (Lipinski definition) is 0. The molecule has 0 bridgehead atoms. The van der Waals surface area contributed by atoms with Crippen molar-refractivity contribution >= 4 is 9.84 Å². The van der Waals surface area contributed by atoms with Crippen molar-refractivity contribution in [3.8, 4) is 0 Å². The summed E-state index contributed by atoms with van der Waals surface area (Å²) in [4.78, 5) is 10.1. The molecular weight excluding hydrogens is 288 g/mol. The Hall–Kier alpha value is -1.76. The van der Waals surface area contributed by atoms with E-state index < -0.39 is 21.1 Å². The highest BCUT2D eigenvalue weighted by Crippen LogP contribution is 2.35. The van der Waals surface area contributed by atoms with E-state index >= 15 is 0 Å². The Balaban J connectivity index is 2.01. The zero-order chi connectivity index (χ0) is 14.9. The second-order valence-electron chi connectivity index (χ2n) is 4.94. The van der Waals surface area contributed by atoms with E-state index in [-0.39, 0.29) is 6.61 Å². The third kappa shape index (κ3) is 2.57. The molecule has 1 aliphatic rings. The standard InChI is InChI=1S/C15H16N2O3S/c1-17-15(13-9-5-6-10-16-13)14(11-20-17)21(18,19)12-7-3-2-4-8-12/h2-10,14-15H,11H2,1H3/t14-,15+/m1/s1. The van der Waals surface area contributed by atoms with E-state index in [2.05, 4.69) is 4.98 Å². The Morgan fingerprint density at radius 1 is 1.14 bits per heavy atom. The molecule has 1 saturated heterocycles. The van der Waals surface area contributed by atoms with Gasteiger partial charge in [0.1, 0.15) is 5.25 Å². The van der Waals surface area contributed by atoms with Crippen LogP contribution in [-0.2, 0) is 14.7 Å². The van der Waals surface area contributed by atoms with Crippen LogP contribution in [0.1, 0.15) is 11.7 Å². The van der Waals surface area contributed by atoms with Crippen LogP contribution in [0.2, 0.25) is 0 Å². The van der Waals surface area contributed by atoms with Crippen LogP contribution in [0, 0.1) is 0 Å². The molecule has 1 aromatic heterocycles. The molecule has 3 rings (SSSR count). The third-order valence-electron chi connectivity index (χ3n) is 3.65. The maximum Gasteiger partial charge on any atom is 0.185 e. The van der Waals surface area contributed by atoms with Crippen LogP contribution in [0.4, 0.5) is 0 Å². The maximum absolute atomic E-state index is 12.8. The number of hydrogen-bond acceptors (Lipinski definition) is 5. The Kier molecular flexibility index (Phi) is 3.75. The molecule has 21 heavy (non-hydrogen) atoms. The quantitative estimate of drug-likeness (QED) is 0.866. The number of aromatic nitrogens is 1. The van der Waals surface area contributed by atoms with Crippen molar-refractivity contribution in [2.75, 3.05) is 13.7 Å². The minimum atomic E-state index is -3.48. The van der Waals surface area contributed by atoms with Gasteiger partial charge in [-0.2, -0.15) is 5.06 Å². The van der Waals surface area contributed by atoms with Gasteiger partial charge in [0.2, 0.25) is 0 Å². The molecule has 1 fully saturated rings. The largest absolute Gasteiger partial charge is 0.297 e. The van der Waals surface area contributed by atoms with Gasteiger partial charge in [-0.15, -0.1) is 0 Å². The fourth-order valence-electron chi connectivity index (χ4n) is 2.57. The summed E-state index contributed by atoms with van der Waals surface area (Å²) in [6.07, 6.45) is 1.66. The minimum Gasteiger partial charge on any atom is -0.297 e. The van der Waals surface area contributed by atoms with E-state index in [0.29, 0.717) is 10.6 Å². The molecule has 2 aromatic rings. The molecule has 110 valence electrons. The second kappa shape index (κ2) is 5.55. The molecule has 2 heterocycles. The molecular formula is C15H16N2O3S. The average molecular weight is 304 g/mol. The summed E-state index contributed by atoms with van der Waals surface area (Å²) in [5.74, 6) is 0. The van der Waals surface area contributed by atoms with Gasteiger partial charge in [0, 0.05) is 13.2 Å². The summed E-state index contributed by atoms with van der Waals surface area (Å²) in [6.45, 7) is 0.134. The highest BCUT2D eigenvalue weighted by molar-refractivity contribution is 7.92. The first kappa shape index (κ1) is 14.2. The van der Waals surface area contributed by atoms with Crippen molar-refractivity contribution in [1.82, 2.24) is 10.0 Å². The average Bonchev–Trinajstić information content (AvgIpc) is 2.91. The first-order valence-corrected chi connectivity index (χ1v) is 8.21. The van der Waals surface area contributed by atoms with E-state index in [0.717, 1.165) is 0 Å². The Bertz CT molecular complexity index is 704. The normalized spacial score (nSPS) is 23.3. The predicted octanol–water partition coefficient (Wildman–Crippen LogP) is 1.84. The van der Waals surface area contributed by atoms with Gasteiger partial charge in [-0.1, -0.05) is 24.3 Å². The van der Waals surface area contributed by atoms with Gasteiger partial charge in [0.25, 0.3) is 0 Å². The van der Waals surface area contributed by atoms with Crippen LogP contribution in [0.5, 0.6) is 0 Å². The number of rotatable bonds is 3. The van der Waals surface area contributed by atoms with E-state index in [9.17, 15) is 8.42 Å². The molecule has 1 aromatic carbocycles. The van der Waals surface area contributed by atoms with Crippen LogP contribution in [0.15, 0.2) is 59.6 Å². The van der Waals surface area contributed by atoms with Crippen molar-refractivity contribution < 1.29 is 13.3 Å². The van der Waals surface area contributed by atoms with Crippen LogP contribution in [0.3, 0.4) is 0 Å². The fraction of sp³-hybridized carbons (Fsp3) is 0.267. The predicted molar refractivity (Wildman–Crippen MR) is 78.1 cm³/mol. The van der Waals surface area contributed by atoms with Gasteiger partial charge >= 0.3 is 0 Å². The maximum atomic E-state index is 12.8. The van der Waals surface area contributed by atoms with E-state index in [1.165, 1.54) is 0 Å². The highest BCUT2D eigenvalue weighted by atomic mass is 32.2. The molecule has 6 heteroatoms. The number of benzene rings is 1. The van der Waals surface area contributed by atoms with Gasteiger partial charge in [-0.3, -0.25) is 9.82 Å². The summed E-state index contributed by atoms with van der Waals surface area (Å²) in [7, 11) is -1.74. The lowest BCUT2D eigenvalue weighted by atomic mass is 10.1. The summed E-state index contributed by atoms with van der Waals surface area (Å²) in [5.41, 5.74) is 0.696. The van der Waals surface area contributed by atoms with Crippen molar-refractivity contribution in [1.29, 1.82) is 0 Å². The van der Waals surface area contributed by atoms with Crippen molar-refractivity contribution in [2.45, 2.75) is 16.2 Å². The topological polar surface area (TPSA) is 59.5 Å². The van der Waals surface area contributed by atoms with E-state index in [1.54, 1.807) is 54.7 Å². The molecule has 0 spiro atoms. The van der Waals surface area contributed by atoms with Gasteiger partial charge in [0.05, 0.1) is 23.2 Å². The molecule has 0 saturated carbocycles. The van der Waals surface area contributed by atoms with Gasteiger partial charge in [0.15, 0.2) is 9.84 Å². The molecule has 2 atom stereocenters. The fourth-order valence-corrected chi connectivity index (χ4v) is 4.34. The lowest BCUT2D eigenvalue weighted by molar-refractivity contribution is -0.111. The van der Waals surface area contributed by atoms with Crippen LogP contribution >= 0.6 is 0 Å². The van der Waals surface area contributed by atoms with Crippen molar-refractivity contribution in [3.05, 3.63) is 60.4 Å². The zero-order valence-electron chi connectivity index (χ0n) is 11.6. The lowest BCUT2D eigenvalue weighted by Gasteiger charge is -2.21. The van der Waals surface area contributed by atoms with Gasteiger partial charge in [-0.25, -0.2) is 8.42 Å². The highest BCUT2D eigenvalue weighted by Gasteiger charge is 2.44. The molecule has 5 nitrogen and oxygen atoms in total. The molecule has 1 aliphatic heterocycles. The molecule has 0 unspecified atom stereocenters. The molecule has 0 amide bonds. The monoisotopic (exact) mass is 304 g/mol. The zero-order valence-corrected chi connectivity index (χ0v) is 12.4. The number of sulfone groups is 1. The molecule has 0 N–H and O–H groups in total. The number of pyridine rings is 1. The van der Waals surface area contributed by atoms with E-state index in [1.807, 2.05) is 12.1 Å². The smallest absolute Gasteiger partial charge is 0.185 e. The molecule has 0 aliphatic carbocycles.